The summed E-state index contributed by atoms with van der Waals surface area (Å²) in [6, 6.07) is 41.9. The van der Waals surface area contributed by atoms with E-state index < -0.39 is 16.7 Å². The molecule has 4 aromatic rings. The van der Waals surface area contributed by atoms with Crippen molar-refractivity contribution in [1.29, 1.82) is 0 Å². The van der Waals surface area contributed by atoms with Gasteiger partial charge in [-0.3, -0.25) is 0 Å². The number of hydrogen-bond acceptors (Lipinski definition) is 1. The molecule has 0 amide bonds. The molecular weight excluding hydrogens is 396 g/mol. The van der Waals surface area contributed by atoms with E-state index in [1.165, 1.54) is 15.6 Å². The minimum atomic E-state index is -2.74. The molecule has 138 valence electrons. The predicted molar refractivity (Wildman–Crippen MR) is 124 cm³/mol. The van der Waals surface area contributed by atoms with Gasteiger partial charge in [0.1, 0.15) is 0 Å². The number of halogens is 1. The van der Waals surface area contributed by atoms with Crippen molar-refractivity contribution in [2.24, 2.45) is 0 Å². The highest BCUT2D eigenvalue weighted by molar-refractivity contribution is 7.19. The molecule has 0 radical (unpaired) electrons. The molecule has 4 rings (SSSR count). The standard InChI is InChI=1S/C24H21ClOSi2/c25-27(21-13-5-1-6-14-21)26-28(22-15-7-2-8-16-22,23-17-9-3-10-18-23)24-19-11-4-12-20-24/h1-20,27H. The zero-order valence-corrected chi connectivity index (χ0v) is 18.3. The van der Waals surface area contributed by atoms with Gasteiger partial charge in [-0.25, -0.2) is 0 Å². The Kier molecular flexibility index (Phi) is 5.88. The van der Waals surface area contributed by atoms with Crippen LogP contribution in [-0.2, 0) is 4.12 Å². The highest BCUT2D eigenvalue weighted by atomic mass is 35.6. The van der Waals surface area contributed by atoms with E-state index in [0.29, 0.717) is 0 Å². The third kappa shape index (κ3) is 3.75. The summed E-state index contributed by atoms with van der Waals surface area (Å²) in [4.78, 5) is 0. The lowest BCUT2D eigenvalue weighted by molar-refractivity contribution is 0.623. The Morgan fingerprint density at radius 2 is 0.821 bits per heavy atom. The van der Waals surface area contributed by atoms with Crippen molar-refractivity contribution in [2.45, 2.75) is 0 Å². The Hall–Kier alpha value is -2.44. The van der Waals surface area contributed by atoms with Crippen LogP contribution in [0.5, 0.6) is 0 Å². The Balaban J connectivity index is 1.93. The van der Waals surface area contributed by atoms with Gasteiger partial charge >= 0.3 is 0 Å². The van der Waals surface area contributed by atoms with Gasteiger partial charge in [-0.2, -0.15) is 0 Å². The molecule has 4 aromatic carbocycles. The van der Waals surface area contributed by atoms with Crippen LogP contribution < -0.4 is 20.7 Å². The summed E-state index contributed by atoms with van der Waals surface area (Å²) in [7, 11) is -4.90. The van der Waals surface area contributed by atoms with E-state index in [2.05, 4.69) is 84.9 Å². The van der Waals surface area contributed by atoms with Gasteiger partial charge in [0.15, 0.2) is 0 Å². The van der Waals surface area contributed by atoms with Crippen molar-refractivity contribution in [3.8, 4) is 0 Å². The second kappa shape index (κ2) is 8.71. The molecule has 4 heteroatoms. The summed E-state index contributed by atoms with van der Waals surface area (Å²) in [5.41, 5.74) is 0. The molecule has 1 atom stereocenters. The Morgan fingerprint density at radius 3 is 1.18 bits per heavy atom. The molecule has 0 aliphatic heterocycles. The SMILES string of the molecule is Cl[SiH](O[Si](c1ccccc1)(c1ccccc1)c1ccccc1)c1ccccc1. The minimum Gasteiger partial charge on any atom is -0.433 e. The quantitative estimate of drug-likeness (QED) is 0.266. The van der Waals surface area contributed by atoms with Crippen molar-refractivity contribution in [1.82, 2.24) is 0 Å². The van der Waals surface area contributed by atoms with Gasteiger partial charge in [0.2, 0.25) is 0 Å². The maximum Gasteiger partial charge on any atom is 0.297 e. The average molecular weight is 417 g/mol. The summed E-state index contributed by atoms with van der Waals surface area (Å²) in [5.74, 6) is 0. The second-order valence-electron chi connectivity index (χ2n) is 6.62. The van der Waals surface area contributed by atoms with Crippen LogP contribution in [0.3, 0.4) is 0 Å². The second-order valence-corrected chi connectivity index (χ2v) is 13.1. The van der Waals surface area contributed by atoms with Crippen molar-refractivity contribution in [3.05, 3.63) is 121 Å². The number of rotatable bonds is 6. The summed E-state index contributed by atoms with van der Waals surface area (Å²) >= 11 is 6.99. The fourth-order valence-electron chi connectivity index (χ4n) is 3.55. The van der Waals surface area contributed by atoms with Gasteiger partial charge in [0.05, 0.1) is 0 Å². The summed E-state index contributed by atoms with van der Waals surface area (Å²) in [6.45, 7) is 0. The normalized spacial score (nSPS) is 12.5. The van der Waals surface area contributed by atoms with Crippen LogP contribution in [-0.4, -0.2) is 16.7 Å². The van der Waals surface area contributed by atoms with Gasteiger partial charge in [-0.1, -0.05) is 121 Å². The first-order valence-corrected chi connectivity index (χ1v) is 14.0. The van der Waals surface area contributed by atoms with E-state index in [-0.39, 0.29) is 0 Å². The Labute approximate surface area is 173 Å². The molecule has 0 aliphatic carbocycles. The van der Waals surface area contributed by atoms with Gasteiger partial charge in [-0.15, -0.1) is 11.1 Å². The largest absolute Gasteiger partial charge is 0.433 e. The minimum absolute atomic E-state index is 1.10. The van der Waals surface area contributed by atoms with Crippen LogP contribution in [0.2, 0.25) is 0 Å². The average Bonchev–Trinajstić information content (AvgIpc) is 2.80. The van der Waals surface area contributed by atoms with E-state index in [4.69, 9.17) is 15.2 Å². The molecule has 0 saturated carbocycles. The monoisotopic (exact) mass is 416 g/mol. The first-order chi connectivity index (χ1) is 13.8. The van der Waals surface area contributed by atoms with Crippen molar-refractivity contribution in [2.75, 3.05) is 0 Å². The number of benzene rings is 4. The van der Waals surface area contributed by atoms with Gasteiger partial charge in [0.25, 0.3) is 16.7 Å². The fourth-order valence-corrected chi connectivity index (χ4v) is 12.1. The van der Waals surface area contributed by atoms with Crippen molar-refractivity contribution in [3.63, 3.8) is 0 Å². The third-order valence-electron chi connectivity index (χ3n) is 4.88. The summed E-state index contributed by atoms with van der Waals surface area (Å²) in [5, 5.41) is 4.73. The van der Waals surface area contributed by atoms with E-state index >= 15 is 0 Å². The lowest BCUT2D eigenvalue weighted by Gasteiger charge is -2.35. The molecule has 0 aromatic heterocycles. The van der Waals surface area contributed by atoms with E-state index in [9.17, 15) is 0 Å². The van der Waals surface area contributed by atoms with E-state index in [0.717, 1.165) is 5.19 Å². The van der Waals surface area contributed by atoms with Crippen molar-refractivity contribution >= 4 is 48.5 Å². The van der Waals surface area contributed by atoms with Gasteiger partial charge < -0.3 is 4.12 Å². The molecule has 0 heterocycles. The molecule has 1 unspecified atom stereocenters. The third-order valence-corrected chi connectivity index (χ3v) is 13.0. The molecule has 0 fully saturated rings. The Morgan fingerprint density at radius 1 is 0.500 bits per heavy atom. The van der Waals surface area contributed by atoms with Crippen LogP contribution in [0, 0.1) is 0 Å². The van der Waals surface area contributed by atoms with Crippen LogP contribution in [0.15, 0.2) is 121 Å². The smallest absolute Gasteiger partial charge is 0.297 e. The summed E-state index contributed by atoms with van der Waals surface area (Å²) < 4.78 is 7.03. The molecule has 0 N–H and O–H groups in total. The van der Waals surface area contributed by atoms with Crippen LogP contribution in [0.25, 0.3) is 0 Å². The maximum atomic E-state index is 7.03. The molecule has 28 heavy (non-hydrogen) atoms. The predicted octanol–water partition coefficient (Wildman–Crippen LogP) is 3.04. The summed E-state index contributed by atoms with van der Waals surface area (Å²) in [6.07, 6.45) is 0. The van der Waals surface area contributed by atoms with Crippen LogP contribution in [0.4, 0.5) is 0 Å². The van der Waals surface area contributed by atoms with Crippen LogP contribution >= 0.6 is 11.1 Å². The Bertz CT molecular complexity index is 899. The lowest BCUT2D eigenvalue weighted by atomic mass is 10.3. The highest BCUT2D eigenvalue weighted by Gasteiger charge is 2.43. The molecule has 1 nitrogen and oxygen atoms in total. The molecule has 0 spiro atoms. The molecule has 0 aliphatic rings. The van der Waals surface area contributed by atoms with Gasteiger partial charge in [-0.05, 0) is 20.7 Å². The highest BCUT2D eigenvalue weighted by Crippen LogP contribution is 2.13. The van der Waals surface area contributed by atoms with E-state index in [1.807, 2.05) is 36.4 Å². The van der Waals surface area contributed by atoms with Crippen molar-refractivity contribution < 1.29 is 4.12 Å². The lowest BCUT2D eigenvalue weighted by Crippen LogP contribution is -2.71. The zero-order valence-electron chi connectivity index (χ0n) is 15.4. The fraction of sp³-hybridized carbons (Fsp3) is 0. The zero-order chi connectivity index (χ0) is 19.2. The first-order valence-electron chi connectivity index (χ1n) is 9.34. The van der Waals surface area contributed by atoms with E-state index in [1.54, 1.807) is 0 Å². The molecule has 0 bridgehead atoms. The molecular formula is C24H21ClOSi2. The van der Waals surface area contributed by atoms with Gasteiger partial charge in [0, 0.05) is 0 Å². The molecule has 0 saturated heterocycles. The first kappa shape index (κ1) is 18.9. The van der Waals surface area contributed by atoms with Crippen LogP contribution in [0.1, 0.15) is 0 Å². The topological polar surface area (TPSA) is 9.23 Å². The number of hydrogen-bond donors (Lipinski definition) is 0. The maximum absolute atomic E-state index is 7.03.